The van der Waals surface area contributed by atoms with Crippen LogP contribution in [-0.2, 0) is 22.7 Å². The van der Waals surface area contributed by atoms with Crippen molar-refractivity contribution in [2.24, 2.45) is 0 Å². The van der Waals surface area contributed by atoms with Crippen molar-refractivity contribution in [3.8, 4) is 16.9 Å². The lowest BCUT2D eigenvalue weighted by molar-refractivity contribution is -0.140. The van der Waals surface area contributed by atoms with Crippen LogP contribution in [0.2, 0.25) is 0 Å². The molecule has 0 bridgehead atoms. The molecule has 0 radical (unpaired) electrons. The lowest BCUT2D eigenvalue weighted by atomic mass is 9.81. The van der Waals surface area contributed by atoms with Crippen LogP contribution < -0.4 is 5.32 Å². The first-order valence-electron chi connectivity index (χ1n) is 13.2. The average molecular weight is 637 g/mol. The highest BCUT2D eigenvalue weighted by Gasteiger charge is 2.47. The van der Waals surface area contributed by atoms with Gasteiger partial charge in [-0.05, 0) is 48.5 Å². The van der Waals surface area contributed by atoms with Gasteiger partial charge in [-0.15, -0.1) is 0 Å². The van der Waals surface area contributed by atoms with Crippen molar-refractivity contribution >= 4 is 17.7 Å². The van der Waals surface area contributed by atoms with Gasteiger partial charge in [0.2, 0.25) is 0 Å². The Hall–Kier alpha value is -5.02. The van der Waals surface area contributed by atoms with Crippen LogP contribution in [0.4, 0.5) is 45.6 Å². The van der Waals surface area contributed by atoms with Crippen molar-refractivity contribution < 1.29 is 49.4 Å². The minimum atomic E-state index is -5.01. The van der Waals surface area contributed by atoms with Crippen molar-refractivity contribution in [3.63, 3.8) is 0 Å². The predicted molar refractivity (Wildman–Crippen MR) is 140 cm³/mol. The van der Waals surface area contributed by atoms with E-state index in [4.69, 9.17) is 4.74 Å². The molecule has 2 aromatic carbocycles. The second-order valence-electron chi connectivity index (χ2n) is 10.4. The molecular formula is C29H19F8N5O3. The third-order valence-corrected chi connectivity index (χ3v) is 7.67. The zero-order valence-corrected chi connectivity index (χ0v) is 22.6. The third-order valence-electron chi connectivity index (χ3n) is 7.67. The fourth-order valence-electron chi connectivity index (χ4n) is 5.51. The van der Waals surface area contributed by atoms with Crippen LogP contribution >= 0.6 is 0 Å². The highest BCUT2D eigenvalue weighted by atomic mass is 19.4. The summed E-state index contributed by atoms with van der Waals surface area (Å²) in [5, 5.41) is 6.41. The first kappa shape index (κ1) is 30.0. The van der Waals surface area contributed by atoms with Gasteiger partial charge < -0.3 is 9.64 Å². The molecule has 1 saturated heterocycles. The topological polar surface area (TPSA) is 89.4 Å². The van der Waals surface area contributed by atoms with Crippen molar-refractivity contribution in [1.82, 2.24) is 19.7 Å². The zero-order valence-electron chi connectivity index (χ0n) is 22.6. The summed E-state index contributed by atoms with van der Waals surface area (Å²) >= 11 is 0. The maximum atomic E-state index is 14.5. The Labute approximate surface area is 248 Å². The van der Waals surface area contributed by atoms with E-state index >= 15 is 0 Å². The van der Waals surface area contributed by atoms with Crippen molar-refractivity contribution in [2.75, 3.05) is 18.4 Å². The van der Waals surface area contributed by atoms with Crippen LogP contribution in [0.1, 0.15) is 40.0 Å². The number of rotatable bonds is 3. The molecule has 16 heteroatoms. The van der Waals surface area contributed by atoms with Gasteiger partial charge in [-0.2, -0.15) is 31.4 Å². The van der Waals surface area contributed by atoms with E-state index in [0.717, 1.165) is 10.7 Å². The molecule has 0 aliphatic carbocycles. The number of nitrogens with zero attached hydrogens (tertiary/aromatic N) is 4. The monoisotopic (exact) mass is 637 g/mol. The number of hydrogen-bond donors (Lipinski definition) is 1. The van der Waals surface area contributed by atoms with Gasteiger partial charge in [0.15, 0.2) is 5.69 Å². The molecular weight excluding hydrogens is 618 g/mol. The molecule has 4 aromatic rings. The zero-order chi connectivity index (χ0) is 32.3. The molecule has 2 aliphatic rings. The molecule has 6 rings (SSSR count). The maximum absolute atomic E-state index is 14.5. The molecule has 0 atom stereocenters. The van der Waals surface area contributed by atoms with Gasteiger partial charge in [0, 0.05) is 49.5 Å². The Bertz CT molecular complexity index is 1810. The lowest BCUT2D eigenvalue weighted by Gasteiger charge is -2.44. The highest BCUT2D eigenvalue weighted by Crippen LogP contribution is 2.46. The number of anilines is 1. The number of benzene rings is 2. The summed E-state index contributed by atoms with van der Waals surface area (Å²) in [6.07, 6.45) is -8.41. The SMILES string of the molecule is O=C1Nc2cc(C(F)(F)F)c(F)cc2C2(CCN(C(=O)c3cc(-c4cccnc4)n(-c4ccc(F)c(C(F)(F)F)c4)n3)CC2)O1. The van der Waals surface area contributed by atoms with E-state index in [2.05, 4.69) is 15.4 Å². The van der Waals surface area contributed by atoms with Gasteiger partial charge in [0.1, 0.15) is 17.2 Å². The summed E-state index contributed by atoms with van der Waals surface area (Å²) in [6.45, 7) is -0.198. The number of likely N-dealkylation sites (tertiary alicyclic amines) is 1. The molecule has 0 unspecified atom stereocenters. The average Bonchev–Trinajstić information content (AvgIpc) is 3.42. The second kappa shape index (κ2) is 10.6. The first-order chi connectivity index (χ1) is 21.2. The Morgan fingerprint density at radius 1 is 0.911 bits per heavy atom. The van der Waals surface area contributed by atoms with Crippen molar-refractivity contribution in [1.29, 1.82) is 0 Å². The molecule has 2 aromatic heterocycles. The molecule has 1 N–H and O–H groups in total. The third kappa shape index (κ3) is 5.44. The minimum absolute atomic E-state index is 0.0142. The van der Waals surface area contributed by atoms with Gasteiger partial charge in [0.25, 0.3) is 5.91 Å². The van der Waals surface area contributed by atoms with Gasteiger partial charge in [0.05, 0.1) is 28.2 Å². The van der Waals surface area contributed by atoms with Crippen LogP contribution in [0, 0.1) is 11.6 Å². The summed E-state index contributed by atoms with van der Waals surface area (Å²) in [5.74, 6) is -3.71. The number of amides is 2. The highest BCUT2D eigenvalue weighted by molar-refractivity contribution is 5.94. The first-order valence-corrected chi connectivity index (χ1v) is 13.2. The number of carbonyl (C=O) groups is 2. The maximum Gasteiger partial charge on any atom is 0.419 e. The van der Waals surface area contributed by atoms with Gasteiger partial charge in [-0.3, -0.25) is 15.1 Å². The van der Waals surface area contributed by atoms with Crippen LogP contribution in [0.3, 0.4) is 0 Å². The summed E-state index contributed by atoms with van der Waals surface area (Å²) in [5.41, 5.74) is -4.70. The second-order valence-corrected chi connectivity index (χ2v) is 10.4. The number of fused-ring (bicyclic) bond motifs is 2. The number of pyridine rings is 1. The number of halogens is 8. The molecule has 2 aliphatic heterocycles. The number of aromatic nitrogens is 3. The van der Waals surface area contributed by atoms with E-state index < -0.39 is 52.7 Å². The Balaban J connectivity index is 1.32. The number of alkyl halides is 6. The summed E-state index contributed by atoms with van der Waals surface area (Å²) in [6, 6.07) is 7.90. The fraction of sp³-hybridized carbons (Fsp3) is 0.241. The smallest absolute Gasteiger partial charge is 0.419 e. The molecule has 8 nitrogen and oxygen atoms in total. The van der Waals surface area contributed by atoms with Crippen molar-refractivity contribution in [2.45, 2.75) is 30.8 Å². The van der Waals surface area contributed by atoms with Crippen molar-refractivity contribution in [3.05, 3.63) is 94.9 Å². The van der Waals surface area contributed by atoms with Gasteiger partial charge in [-0.1, -0.05) is 0 Å². The van der Waals surface area contributed by atoms with E-state index in [0.29, 0.717) is 29.8 Å². The molecule has 234 valence electrons. The minimum Gasteiger partial charge on any atom is -0.438 e. The van der Waals surface area contributed by atoms with Crippen LogP contribution in [0.15, 0.2) is 60.9 Å². The van der Waals surface area contributed by atoms with E-state index in [1.807, 2.05) is 0 Å². The largest absolute Gasteiger partial charge is 0.438 e. The number of hydrogen-bond acceptors (Lipinski definition) is 5. The molecule has 1 spiro atoms. The van der Waals surface area contributed by atoms with E-state index in [-0.39, 0.29) is 54.3 Å². The standard InChI is InChI=1S/C29H19F8N5O3/c30-20-4-3-16(10-17(20)28(32,33)34)42-24(15-2-1-7-38-14-15)13-23(40-42)25(43)41-8-5-27(6-9-41)19-11-21(31)18(29(35,36)37)12-22(19)39-26(44)45-27/h1-4,7,10-14H,5-6,8-9H2,(H,39,44). The summed E-state index contributed by atoms with van der Waals surface area (Å²) in [4.78, 5) is 31.2. The lowest BCUT2D eigenvalue weighted by Crippen LogP contribution is -2.50. The quantitative estimate of drug-likeness (QED) is 0.246. The van der Waals surface area contributed by atoms with Crippen LogP contribution in [-0.4, -0.2) is 44.8 Å². The molecule has 45 heavy (non-hydrogen) atoms. The molecule has 1 fully saturated rings. The Morgan fingerprint density at radius 3 is 2.24 bits per heavy atom. The van der Waals surface area contributed by atoms with E-state index in [1.54, 1.807) is 12.1 Å². The number of nitrogens with one attached hydrogen (secondary N) is 1. The molecule has 4 heterocycles. The number of carbonyl (C=O) groups excluding carboxylic acids is 2. The normalized spacial score (nSPS) is 16.3. The number of ether oxygens (including phenoxy) is 1. The van der Waals surface area contributed by atoms with Gasteiger partial charge in [-0.25, -0.2) is 18.3 Å². The number of piperidine rings is 1. The van der Waals surface area contributed by atoms with E-state index in [9.17, 15) is 44.7 Å². The Kier molecular flexibility index (Phi) is 7.04. The van der Waals surface area contributed by atoms with Gasteiger partial charge >= 0.3 is 18.4 Å². The summed E-state index contributed by atoms with van der Waals surface area (Å²) < 4.78 is 115. The predicted octanol–water partition coefficient (Wildman–Crippen LogP) is 6.94. The van der Waals surface area contributed by atoms with Crippen LogP contribution in [0.25, 0.3) is 16.9 Å². The van der Waals surface area contributed by atoms with Crippen LogP contribution in [0.5, 0.6) is 0 Å². The molecule has 0 saturated carbocycles. The van der Waals surface area contributed by atoms with E-state index in [1.165, 1.54) is 23.4 Å². The molecule has 2 amide bonds. The fourth-order valence-corrected chi connectivity index (χ4v) is 5.51. The Morgan fingerprint density at radius 2 is 1.60 bits per heavy atom. The summed E-state index contributed by atoms with van der Waals surface area (Å²) in [7, 11) is 0.